The SMILES string of the molecule is C[C@@H]1C(=O)O[C@H]2[C@H]1CC[C@]1(C)Cc3sc(NS(=O)(=O)c4cccc(C(=O)[O-])c4)nc3[C@@H](C)[C@H]21. The number of ether oxygens (including phenoxy) is 1. The number of nitrogens with zero attached hydrogens (tertiary/aromatic N) is 1. The van der Waals surface area contributed by atoms with Gasteiger partial charge in [-0.1, -0.05) is 32.9 Å². The second-order valence-electron chi connectivity index (χ2n) is 9.79. The van der Waals surface area contributed by atoms with Gasteiger partial charge in [-0.05, 0) is 42.4 Å². The smallest absolute Gasteiger partial charge is 0.309 e. The Morgan fingerprint density at radius 2 is 2.06 bits per heavy atom. The van der Waals surface area contributed by atoms with E-state index in [4.69, 9.17) is 4.74 Å². The molecule has 1 saturated carbocycles. The molecule has 1 aromatic heterocycles. The first kappa shape index (κ1) is 22.3. The molecule has 1 N–H and O–H groups in total. The number of aromatic nitrogens is 1. The van der Waals surface area contributed by atoms with Crippen molar-refractivity contribution in [1.82, 2.24) is 4.98 Å². The molecule has 0 spiro atoms. The number of fused-ring (bicyclic) bond motifs is 4. The normalized spacial score (nSPS) is 32.9. The predicted molar refractivity (Wildman–Crippen MR) is 119 cm³/mol. The molecule has 1 aliphatic heterocycles. The molecule has 6 atom stereocenters. The third-order valence-electron chi connectivity index (χ3n) is 7.76. The zero-order chi connectivity index (χ0) is 23.7. The minimum absolute atomic E-state index is 0.0144. The topological polar surface area (TPSA) is 125 Å². The number of carbonyl (C=O) groups excluding carboxylic acids is 2. The van der Waals surface area contributed by atoms with Crippen LogP contribution in [-0.4, -0.2) is 31.4 Å². The molecule has 3 aliphatic rings. The first-order valence-electron chi connectivity index (χ1n) is 11.0. The van der Waals surface area contributed by atoms with E-state index < -0.39 is 16.0 Å². The highest BCUT2D eigenvalue weighted by Gasteiger charge is 2.58. The van der Waals surface area contributed by atoms with E-state index >= 15 is 0 Å². The van der Waals surface area contributed by atoms with Crippen LogP contribution in [0, 0.1) is 23.2 Å². The lowest BCUT2D eigenvalue weighted by Gasteiger charge is -2.51. The molecule has 0 amide bonds. The third kappa shape index (κ3) is 3.54. The minimum atomic E-state index is -4.02. The predicted octanol–water partition coefficient (Wildman–Crippen LogP) is 2.56. The lowest BCUT2D eigenvalue weighted by Crippen LogP contribution is -2.50. The van der Waals surface area contributed by atoms with Crippen molar-refractivity contribution >= 4 is 38.4 Å². The molecule has 176 valence electrons. The molecule has 1 aromatic carbocycles. The number of anilines is 1. The van der Waals surface area contributed by atoms with Crippen LogP contribution in [0.1, 0.15) is 60.5 Å². The zero-order valence-corrected chi connectivity index (χ0v) is 20.2. The van der Waals surface area contributed by atoms with Gasteiger partial charge in [-0.25, -0.2) is 13.4 Å². The lowest BCUT2D eigenvalue weighted by molar-refractivity contribution is -0.255. The number of carboxylic acid groups (broad SMARTS) is 1. The summed E-state index contributed by atoms with van der Waals surface area (Å²) in [6, 6.07) is 5.04. The van der Waals surface area contributed by atoms with Crippen molar-refractivity contribution in [1.29, 1.82) is 0 Å². The van der Waals surface area contributed by atoms with Crippen LogP contribution in [0.3, 0.4) is 0 Å². The van der Waals surface area contributed by atoms with Crippen LogP contribution in [0.5, 0.6) is 0 Å². The molecule has 33 heavy (non-hydrogen) atoms. The molecule has 0 radical (unpaired) electrons. The molecule has 2 aromatic rings. The first-order chi connectivity index (χ1) is 15.5. The van der Waals surface area contributed by atoms with Crippen LogP contribution in [0.4, 0.5) is 5.13 Å². The van der Waals surface area contributed by atoms with Gasteiger partial charge in [-0.2, -0.15) is 0 Å². The minimum Gasteiger partial charge on any atom is -0.545 e. The van der Waals surface area contributed by atoms with Crippen molar-refractivity contribution in [2.75, 3.05) is 4.72 Å². The van der Waals surface area contributed by atoms with Crippen LogP contribution in [0.15, 0.2) is 29.2 Å². The molecule has 2 fully saturated rings. The highest BCUT2D eigenvalue weighted by atomic mass is 32.2. The van der Waals surface area contributed by atoms with Gasteiger partial charge < -0.3 is 14.6 Å². The summed E-state index contributed by atoms with van der Waals surface area (Å²) in [5.74, 6) is -1.31. The number of rotatable bonds is 4. The van der Waals surface area contributed by atoms with E-state index in [0.717, 1.165) is 35.9 Å². The number of benzene rings is 1. The van der Waals surface area contributed by atoms with Gasteiger partial charge in [-0.15, -0.1) is 11.3 Å². The van der Waals surface area contributed by atoms with Crippen molar-refractivity contribution < 1.29 is 27.9 Å². The molecular weight excluding hydrogens is 464 g/mol. The van der Waals surface area contributed by atoms with Gasteiger partial charge >= 0.3 is 5.97 Å². The Morgan fingerprint density at radius 1 is 1.30 bits per heavy atom. The number of hydrogen-bond donors (Lipinski definition) is 1. The van der Waals surface area contributed by atoms with E-state index in [1.807, 2.05) is 6.92 Å². The van der Waals surface area contributed by atoms with Crippen LogP contribution in [0.2, 0.25) is 0 Å². The Kier molecular flexibility index (Phi) is 5.09. The molecular formula is C23H25N2O6S2-. The van der Waals surface area contributed by atoms with E-state index in [2.05, 4.69) is 23.6 Å². The van der Waals surface area contributed by atoms with Gasteiger partial charge in [0.2, 0.25) is 0 Å². The molecule has 2 heterocycles. The van der Waals surface area contributed by atoms with Gasteiger partial charge in [0.1, 0.15) is 6.10 Å². The Labute approximate surface area is 196 Å². The highest BCUT2D eigenvalue weighted by molar-refractivity contribution is 7.93. The molecule has 0 bridgehead atoms. The lowest BCUT2D eigenvalue weighted by atomic mass is 9.54. The molecule has 2 aliphatic carbocycles. The van der Waals surface area contributed by atoms with E-state index in [-0.39, 0.29) is 56.8 Å². The van der Waals surface area contributed by atoms with Crippen molar-refractivity contribution in [3.63, 3.8) is 0 Å². The first-order valence-corrected chi connectivity index (χ1v) is 13.3. The summed E-state index contributed by atoms with van der Waals surface area (Å²) >= 11 is 1.31. The maximum absolute atomic E-state index is 12.9. The number of esters is 1. The Hall–Kier alpha value is -2.46. The number of carbonyl (C=O) groups is 2. The number of hydrogen-bond acceptors (Lipinski definition) is 8. The van der Waals surface area contributed by atoms with Crippen molar-refractivity contribution in [3.8, 4) is 0 Å². The van der Waals surface area contributed by atoms with Crippen molar-refractivity contribution in [2.45, 2.75) is 57.0 Å². The van der Waals surface area contributed by atoms with Gasteiger partial charge in [0.25, 0.3) is 10.0 Å². The zero-order valence-electron chi connectivity index (χ0n) is 18.5. The Bertz CT molecular complexity index is 1260. The quantitative estimate of drug-likeness (QED) is 0.654. The van der Waals surface area contributed by atoms with Gasteiger partial charge in [0, 0.05) is 22.6 Å². The maximum atomic E-state index is 12.9. The molecule has 5 rings (SSSR count). The number of sulfonamides is 1. The number of thiazole rings is 1. The summed E-state index contributed by atoms with van der Waals surface area (Å²) in [5, 5.41) is 11.4. The Balaban J connectivity index is 1.45. The van der Waals surface area contributed by atoms with E-state index in [0.29, 0.717) is 0 Å². The average molecular weight is 490 g/mol. The third-order valence-corrected chi connectivity index (χ3v) is 10.2. The summed E-state index contributed by atoms with van der Waals surface area (Å²) in [7, 11) is -4.02. The summed E-state index contributed by atoms with van der Waals surface area (Å²) in [6.45, 7) is 6.26. The Morgan fingerprint density at radius 3 is 2.79 bits per heavy atom. The molecule has 1 saturated heterocycles. The summed E-state index contributed by atoms with van der Waals surface area (Å²) < 4.78 is 34.1. The second kappa shape index (κ2) is 7.53. The monoisotopic (exact) mass is 489 g/mol. The summed E-state index contributed by atoms with van der Waals surface area (Å²) in [4.78, 5) is 28.9. The summed E-state index contributed by atoms with van der Waals surface area (Å²) in [6.07, 6.45) is 2.55. The average Bonchev–Trinajstić information content (AvgIpc) is 3.27. The highest BCUT2D eigenvalue weighted by Crippen LogP contribution is 2.59. The van der Waals surface area contributed by atoms with E-state index in [9.17, 15) is 23.1 Å². The van der Waals surface area contributed by atoms with Crippen LogP contribution < -0.4 is 9.83 Å². The fourth-order valence-electron chi connectivity index (χ4n) is 6.09. The van der Waals surface area contributed by atoms with Gasteiger partial charge in [0.15, 0.2) is 5.13 Å². The van der Waals surface area contributed by atoms with Crippen LogP contribution in [0.25, 0.3) is 0 Å². The number of carboxylic acids is 1. The molecule has 10 heteroatoms. The standard InChI is InChI=1S/C23H26N2O6S2/c1-11-15-7-8-23(3)10-16-18(12(2)17(23)19(15)31-21(11)28)24-22(32-16)25-33(29,30)14-6-4-5-13(9-14)20(26)27/h4-6,9,11-12,15,17,19H,7-8,10H2,1-3H3,(H,24,25)(H,26,27)/p-1/t11-,12-,15-,17+,19-,23+/m0/s1. The number of nitrogens with one attached hydrogen (secondary N) is 1. The van der Waals surface area contributed by atoms with Gasteiger partial charge in [0.05, 0.1) is 22.5 Å². The number of aromatic carboxylic acids is 1. The van der Waals surface area contributed by atoms with Crippen LogP contribution >= 0.6 is 11.3 Å². The van der Waals surface area contributed by atoms with E-state index in [1.165, 1.54) is 29.5 Å². The maximum Gasteiger partial charge on any atom is 0.309 e. The molecule has 0 unspecified atom stereocenters. The van der Waals surface area contributed by atoms with Crippen molar-refractivity contribution in [3.05, 3.63) is 40.4 Å². The fraction of sp³-hybridized carbons (Fsp3) is 0.522. The van der Waals surface area contributed by atoms with Gasteiger partial charge in [-0.3, -0.25) is 9.52 Å². The van der Waals surface area contributed by atoms with Crippen LogP contribution in [-0.2, 0) is 26.0 Å². The largest absolute Gasteiger partial charge is 0.545 e. The molecule has 8 nitrogen and oxygen atoms in total. The van der Waals surface area contributed by atoms with Crippen molar-refractivity contribution in [2.24, 2.45) is 23.2 Å². The van der Waals surface area contributed by atoms with E-state index in [1.54, 1.807) is 0 Å². The summed E-state index contributed by atoms with van der Waals surface area (Å²) in [5.41, 5.74) is 0.584. The fourth-order valence-corrected chi connectivity index (χ4v) is 8.63. The second-order valence-corrected chi connectivity index (χ2v) is 12.6.